The maximum absolute atomic E-state index is 11.4. The first-order valence-corrected chi connectivity index (χ1v) is 5.79. The normalized spacial score (nSPS) is 10.3. The maximum Gasteiger partial charge on any atom is 0.328 e. The van der Waals surface area contributed by atoms with E-state index in [0.717, 1.165) is 0 Å². The molecule has 0 aliphatic carbocycles. The minimum absolute atomic E-state index is 0.00000675. The third kappa shape index (κ3) is 4.08. The average Bonchev–Trinajstić information content (AvgIpc) is 2.31. The molecule has 0 spiro atoms. The van der Waals surface area contributed by atoms with Gasteiger partial charge in [-0.2, -0.15) is 0 Å². The highest BCUT2D eigenvalue weighted by Gasteiger charge is 2.03. The predicted octanol–water partition coefficient (Wildman–Crippen LogP) is -0.148. The summed E-state index contributed by atoms with van der Waals surface area (Å²) in [7, 11) is 0. The van der Waals surface area contributed by atoms with Crippen molar-refractivity contribution in [3.05, 3.63) is 27.0 Å². The highest BCUT2D eigenvalue weighted by molar-refractivity contribution is 5.69. The number of aromatic amines is 1. The van der Waals surface area contributed by atoms with Crippen LogP contribution in [0.5, 0.6) is 0 Å². The molecule has 18 heavy (non-hydrogen) atoms. The van der Waals surface area contributed by atoms with Gasteiger partial charge in [-0.3, -0.25) is 19.1 Å². The van der Waals surface area contributed by atoms with Gasteiger partial charge < -0.3 is 10.5 Å². The Labute approximate surface area is 104 Å². The van der Waals surface area contributed by atoms with Gasteiger partial charge in [0.15, 0.2) is 0 Å². The number of carbonyl (C=O) groups excluding carboxylic acids is 1. The minimum atomic E-state index is -0.581. The lowest BCUT2D eigenvalue weighted by Gasteiger charge is -2.05. The molecule has 100 valence electrons. The molecule has 1 heterocycles. The van der Waals surface area contributed by atoms with E-state index >= 15 is 0 Å². The van der Waals surface area contributed by atoms with Gasteiger partial charge in [-0.15, -0.1) is 0 Å². The summed E-state index contributed by atoms with van der Waals surface area (Å²) in [6.45, 7) is 2.52. The van der Waals surface area contributed by atoms with Crippen LogP contribution < -0.4 is 17.0 Å². The first-order valence-electron chi connectivity index (χ1n) is 5.79. The summed E-state index contributed by atoms with van der Waals surface area (Å²) in [5.74, 6) is -0.245. The largest absolute Gasteiger partial charge is 0.466 e. The molecule has 0 atom stereocenters. The Balaban J connectivity index is 2.45. The van der Waals surface area contributed by atoms with Crippen LogP contribution in [0.1, 0.15) is 26.2 Å². The zero-order chi connectivity index (χ0) is 13.5. The van der Waals surface area contributed by atoms with Gasteiger partial charge in [-0.05, 0) is 19.8 Å². The van der Waals surface area contributed by atoms with E-state index < -0.39 is 11.2 Å². The van der Waals surface area contributed by atoms with Gasteiger partial charge >= 0.3 is 11.7 Å². The molecule has 7 heteroatoms. The molecule has 0 aliphatic rings. The minimum Gasteiger partial charge on any atom is -0.466 e. The van der Waals surface area contributed by atoms with Crippen LogP contribution in [0.3, 0.4) is 0 Å². The lowest BCUT2D eigenvalue weighted by atomic mass is 10.2. The van der Waals surface area contributed by atoms with E-state index in [-0.39, 0.29) is 11.7 Å². The molecule has 0 saturated carbocycles. The highest BCUT2D eigenvalue weighted by atomic mass is 16.5. The fourth-order valence-electron chi connectivity index (χ4n) is 1.48. The molecule has 0 aliphatic heterocycles. The van der Waals surface area contributed by atoms with Crippen molar-refractivity contribution in [2.75, 3.05) is 12.3 Å². The van der Waals surface area contributed by atoms with Crippen LogP contribution in [-0.4, -0.2) is 22.1 Å². The molecule has 1 rings (SSSR count). The number of nitrogens with two attached hydrogens (primary N) is 1. The molecule has 0 radical (unpaired) electrons. The van der Waals surface area contributed by atoms with E-state index in [1.807, 2.05) is 0 Å². The van der Waals surface area contributed by atoms with Crippen molar-refractivity contribution in [3.63, 3.8) is 0 Å². The molecule has 3 N–H and O–H groups in total. The van der Waals surface area contributed by atoms with E-state index in [0.29, 0.717) is 32.4 Å². The molecule has 7 nitrogen and oxygen atoms in total. The second kappa shape index (κ2) is 6.63. The number of aromatic nitrogens is 2. The fraction of sp³-hybridized carbons (Fsp3) is 0.545. The number of esters is 1. The van der Waals surface area contributed by atoms with Crippen LogP contribution in [0.25, 0.3) is 0 Å². The van der Waals surface area contributed by atoms with E-state index in [1.165, 1.54) is 10.8 Å². The van der Waals surface area contributed by atoms with Gasteiger partial charge in [-0.25, -0.2) is 4.79 Å². The van der Waals surface area contributed by atoms with Crippen LogP contribution in [0.2, 0.25) is 0 Å². The van der Waals surface area contributed by atoms with Crippen LogP contribution in [-0.2, 0) is 16.1 Å². The van der Waals surface area contributed by atoms with Crippen LogP contribution in [0.15, 0.2) is 15.8 Å². The van der Waals surface area contributed by atoms with Crippen molar-refractivity contribution in [1.29, 1.82) is 0 Å². The quantitative estimate of drug-likeness (QED) is 0.543. The van der Waals surface area contributed by atoms with Gasteiger partial charge in [0.2, 0.25) is 0 Å². The molecule has 0 unspecified atom stereocenters. The van der Waals surface area contributed by atoms with Crippen LogP contribution >= 0.6 is 0 Å². The smallest absolute Gasteiger partial charge is 0.328 e. The van der Waals surface area contributed by atoms with Crippen LogP contribution in [0.4, 0.5) is 5.69 Å². The van der Waals surface area contributed by atoms with Gasteiger partial charge in [0.25, 0.3) is 5.56 Å². The summed E-state index contributed by atoms with van der Waals surface area (Å²) >= 11 is 0. The second-order valence-electron chi connectivity index (χ2n) is 3.80. The number of hydrogen-bond donors (Lipinski definition) is 2. The number of rotatable bonds is 6. The molecule has 0 amide bonds. The Morgan fingerprint density at radius 2 is 2.17 bits per heavy atom. The number of unbranched alkanes of at least 4 members (excludes halogenated alkanes) is 1. The van der Waals surface area contributed by atoms with Crippen LogP contribution in [0, 0.1) is 0 Å². The second-order valence-corrected chi connectivity index (χ2v) is 3.80. The summed E-state index contributed by atoms with van der Waals surface area (Å²) in [6, 6.07) is 0. The first kappa shape index (κ1) is 14.0. The number of H-pyrrole nitrogens is 1. The van der Waals surface area contributed by atoms with E-state index in [1.54, 1.807) is 6.92 Å². The highest BCUT2D eigenvalue weighted by Crippen LogP contribution is 2.00. The Morgan fingerprint density at radius 3 is 2.83 bits per heavy atom. The van der Waals surface area contributed by atoms with Crippen molar-refractivity contribution in [3.8, 4) is 0 Å². The lowest BCUT2D eigenvalue weighted by molar-refractivity contribution is -0.143. The van der Waals surface area contributed by atoms with Crippen molar-refractivity contribution in [1.82, 2.24) is 9.55 Å². The first-order chi connectivity index (χ1) is 8.54. The third-order valence-electron chi connectivity index (χ3n) is 2.37. The Bertz CT molecular complexity index is 518. The van der Waals surface area contributed by atoms with Crippen molar-refractivity contribution in [2.24, 2.45) is 0 Å². The van der Waals surface area contributed by atoms with Gasteiger partial charge in [0.05, 0.1) is 6.61 Å². The van der Waals surface area contributed by atoms with Crippen molar-refractivity contribution in [2.45, 2.75) is 32.7 Å². The van der Waals surface area contributed by atoms with E-state index in [2.05, 4.69) is 4.98 Å². The number of hydrogen-bond acceptors (Lipinski definition) is 5. The van der Waals surface area contributed by atoms with Gasteiger partial charge in [-0.1, -0.05) is 0 Å². The molecule has 1 aromatic rings. The fourth-order valence-corrected chi connectivity index (χ4v) is 1.48. The molecule has 0 fully saturated rings. The zero-order valence-electron chi connectivity index (χ0n) is 10.3. The number of ether oxygens (including phenoxy) is 1. The maximum atomic E-state index is 11.4. The monoisotopic (exact) mass is 255 g/mol. The van der Waals surface area contributed by atoms with Gasteiger partial charge in [0.1, 0.15) is 5.69 Å². The molecule has 0 saturated heterocycles. The molecule has 0 aromatic carbocycles. The SMILES string of the molecule is CCOC(=O)CCCCn1cc(N)c(=O)[nH]c1=O. The number of anilines is 1. The topological polar surface area (TPSA) is 107 Å². The molecular weight excluding hydrogens is 238 g/mol. The number of nitrogen functional groups attached to an aromatic ring is 1. The standard InChI is InChI=1S/C11H17N3O4/c1-2-18-9(15)5-3-4-6-14-7-8(12)10(16)13-11(14)17/h7H,2-6,12H2,1H3,(H,13,16,17). The summed E-state index contributed by atoms with van der Waals surface area (Å²) in [4.78, 5) is 35.6. The number of nitrogens with zero attached hydrogens (tertiary/aromatic N) is 1. The summed E-state index contributed by atoms with van der Waals surface area (Å²) in [6.07, 6.45) is 2.88. The van der Waals surface area contributed by atoms with Crippen molar-refractivity contribution < 1.29 is 9.53 Å². The average molecular weight is 255 g/mol. The zero-order valence-corrected chi connectivity index (χ0v) is 10.3. The lowest BCUT2D eigenvalue weighted by Crippen LogP contribution is -2.31. The molecule has 0 bridgehead atoms. The molecular formula is C11H17N3O4. The number of nitrogens with one attached hydrogen (secondary N) is 1. The summed E-state index contributed by atoms with van der Waals surface area (Å²) in [5.41, 5.74) is 4.33. The van der Waals surface area contributed by atoms with Gasteiger partial charge in [0, 0.05) is 19.2 Å². The predicted molar refractivity (Wildman–Crippen MR) is 66.2 cm³/mol. The van der Waals surface area contributed by atoms with E-state index in [9.17, 15) is 14.4 Å². The molecule has 1 aromatic heterocycles. The Kier molecular flexibility index (Phi) is 5.16. The summed E-state index contributed by atoms with van der Waals surface area (Å²) in [5, 5.41) is 0. The van der Waals surface area contributed by atoms with E-state index in [4.69, 9.17) is 10.5 Å². The third-order valence-corrected chi connectivity index (χ3v) is 2.37. The Morgan fingerprint density at radius 1 is 1.44 bits per heavy atom. The van der Waals surface area contributed by atoms with Crippen molar-refractivity contribution >= 4 is 11.7 Å². The number of aryl methyl sites for hydroxylation is 1. The number of carbonyl (C=O) groups is 1. The Hall–Kier alpha value is -2.05. The summed E-state index contributed by atoms with van der Waals surface area (Å²) < 4.78 is 6.10.